The minimum Gasteiger partial charge on any atom is -0.489 e. The van der Waals surface area contributed by atoms with Crippen LogP contribution >= 0.6 is 23.2 Å². The lowest BCUT2D eigenvalue weighted by Crippen LogP contribution is -2.39. The standard InChI is InChI=1S/C17H13Cl2NO4/c18-10-5-6-15(14(19)7-10)24-9-11(21)8-20-16(22)12-3-1-2-4-13(12)17(20)23/h1-7,11,21H,8-9H2. The third-order valence-corrected chi connectivity index (χ3v) is 4.13. The zero-order valence-corrected chi connectivity index (χ0v) is 13.9. The van der Waals surface area contributed by atoms with Crippen molar-refractivity contribution in [1.29, 1.82) is 0 Å². The van der Waals surface area contributed by atoms with Crippen LogP contribution in [0.4, 0.5) is 0 Å². The molecule has 1 atom stereocenters. The molecule has 7 heteroatoms. The topological polar surface area (TPSA) is 66.8 Å². The highest BCUT2D eigenvalue weighted by Crippen LogP contribution is 2.28. The van der Waals surface area contributed by atoms with Crippen LogP contribution in [-0.2, 0) is 0 Å². The summed E-state index contributed by atoms with van der Waals surface area (Å²) in [5.74, 6) is -0.471. The molecule has 3 rings (SSSR count). The predicted molar refractivity (Wildman–Crippen MR) is 89.8 cm³/mol. The first-order valence-electron chi connectivity index (χ1n) is 7.18. The van der Waals surface area contributed by atoms with E-state index in [9.17, 15) is 14.7 Å². The van der Waals surface area contributed by atoms with Crippen molar-refractivity contribution in [3.05, 3.63) is 63.6 Å². The summed E-state index contributed by atoms with van der Waals surface area (Å²) >= 11 is 11.8. The quantitative estimate of drug-likeness (QED) is 0.827. The number of fused-ring (bicyclic) bond motifs is 1. The molecule has 0 aromatic heterocycles. The molecule has 1 heterocycles. The average molecular weight is 366 g/mol. The van der Waals surface area contributed by atoms with Crippen LogP contribution in [0.5, 0.6) is 5.75 Å². The van der Waals surface area contributed by atoms with Gasteiger partial charge in [0, 0.05) is 5.02 Å². The van der Waals surface area contributed by atoms with E-state index in [0.29, 0.717) is 26.9 Å². The number of ether oxygens (including phenoxy) is 1. The van der Waals surface area contributed by atoms with Crippen molar-refractivity contribution in [2.24, 2.45) is 0 Å². The molecule has 124 valence electrons. The smallest absolute Gasteiger partial charge is 0.261 e. The van der Waals surface area contributed by atoms with Gasteiger partial charge in [0.15, 0.2) is 0 Å². The first-order chi connectivity index (χ1) is 11.5. The zero-order chi connectivity index (χ0) is 17.3. The molecule has 2 aromatic carbocycles. The van der Waals surface area contributed by atoms with Crippen molar-refractivity contribution in [3.63, 3.8) is 0 Å². The van der Waals surface area contributed by atoms with Crippen molar-refractivity contribution in [3.8, 4) is 5.75 Å². The molecule has 1 N–H and O–H groups in total. The van der Waals surface area contributed by atoms with E-state index in [1.165, 1.54) is 6.07 Å². The summed E-state index contributed by atoms with van der Waals surface area (Å²) in [5, 5.41) is 10.9. The van der Waals surface area contributed by atoms with Gasteiger partial charge in [0.25, 0.3) is 11.8 Å². The number of aliphatic hydroxyl groups is 1. The van der Waals surface area contributed by atoms with E-state index in [-0.39, 0.29) is 13.2 Å². The number of carbonyl (C=O) groups is 2. The highest BCUT2D eigenvalue weighted by Gasteiger charge is 2.36. The number of carbonyl (C=O) groups excluding carboxylic acids is 2. The number of aliphatic hydroxyl groups excluding tert-OH is 1. The highest BCUT2D eigenvalue weighted by molar-refractivity contribution is 6.35. The van der Waals surface area contributed by atoms with Gasteiger partial charge < -0.3 is 9.84 Å². The zero-order valence-electron chi connectivity index (χ0n) is 12.4. The van der Waals surface area contributed by atoms with Crippen molar-refractivity contribution >= 4 is 35.0 Å². The van der Waals surface area contributed by atoms with Gasteiger partial charge in [0.05, 0.1) is 22.7 Å². The van der Waals surface area contributed by atoms with Gasteiger partial charge in [-0.15, -0.1) is 0 Å². The van der Waals surface area contributed by atoms with Gasteiger partial charge in [-0.2, -0.15) is 0 Å². The van der Waals surface area contributed by atoms with Crippen LogP contribution in [0.3, 0.4) is 0 Å². The second-order valence-electron chi connectivity index (χ2n) is 5.31. The van der Waals surface area contributed by atoms with Crippen LogP contribution in [0.2, 0.25) is 10.0 Å². The van der Waals surface area contributed by atoms with Crippen molar-refractivity contribution in [2.45, 2.75) is 6.10 Å². The molecule has 2 aromatic rings. The SMILES string of the molecule is O=C1c2ccccc2C(=O)N1CC(O)COc1ccc(Cl)cc1Cl. The van der Waals surface area contributed by atoms with Gasteiger partial charge >= 0.3 is 0 Å². The van der Waals surface area contributed by atoms with Gasteiger partial charge in [-0.05, 0) is 30.3 Å². The molecule has 0 radical (unpaired) electrons. The molecule has 0 fully saturated rings. The lowest BCUT2D eigenvalue weighted by atomic mass is 10.1. The van der Waals surface area contributed by atoms with Gasteiger partial charge in [0.1, 0.15) is 18.5 Å². The summed E-state index contributed by atoms with van der Waals surface area (Å²) in [4.78, 5) is 25.5. The predicted octanol–water partition coefficient (Wildman–Crippen LogP) is 3.03. The Morgan fingerprint density at radius 3 is 2.25 bits per heavy atom. The fourth-order valence-electron chi connectivity index (χ4n) is 2.45. The monoisotopic (exact) mass is 365 g/mol. The van der Waals surface area contributed by atoms with E-state index in [2.05, 4.69) is 0 Å². The minimum absolute atomic E-state index is 0.116. The summed E-state index contributed by atoms with van der Waals surface area (Å²) in [6.07, 6.45) is -1.04. The van der Waals surface area contributed by atoms with E-state index in [1.807, 2.05) is 0 Å². The van der Waals surface area contributed by atoms with Crippen molar-refractivity contribution in [1.82, 2.24) is 4.90 Å². The van der Waals surface area contributed by atoms with Crippen LogP contribution in [0, 0.1) is 0 Å². The van der Waals surface area contributed by atoms with Crippen LogP contribution in [0.1, 0.15) is 20.7 Å². The molecule has 0 aliphatic carbocycles. The van der Waals surface area contributed by atoms with E-state index in [4.69, 9.17) is 27.9 Å². The maximum atomic E-state index is 12.2. The van der Waals surface area contributed by atoms with Crippen molar-refractivity contribution in [2.75, 3.05) is 13.2 Å². The Labute approximate surface area is 148 Å². The summed E-state index contributed by atoms with van der Waals surface area (Å²) < 4.78 is 5.42. The second-order valence-corrected chi connectivity index (χ2v) is 6.15. The van der Waals surface area contributed by atoms with Crippen LogP contribution < -0.4 is 4.74 Å². The fraction of sp³-hybridized carbons (Fsp3) is 0.176. The third-order valence-electron chi connectivity index (χ3n) is 3.60. The number of nitrogens with zero attached hydrogens (tertiary/aromatic N) is 1. The fourth-order valence-corrected chi connectivity index (χ4v) is 2.91. The summed E-state index contributed by atoms with van der Waals surface area (Å²) in [6, 6.07) is 11.3. The number of benzene rings is 2. The number of β-amino-alcohol motifs (C(OH)–C–C–N with tert-alkyl or cyclic N) is 1. The number of amides is 2. The van der Waals surface area contributed by atoms with E-state index < -0.39 is 17.9 Å². The second kappa shape index (κ2) is 6.81. The summed E-state index contributed by atoms with van der Waals surface area (Å²) in [5.41, 5.74) is 0.688. The summed E-state index contributed by atoms with van der Waals surface area (Å²) in [6.45, 7) is -0.272. The van der Waals surface area contributed by atoms with E-state index in [0.717, 1.165) is 4.90 Å². The number of rotatable bonds is 5. The minimum atomic E-state index is -1.04. The maximum absolute atomic E-state index is 12.2. The molecular formula is C17H13Cl2NO4. The van der Waals surface area contributed by atoms with Gasteiger partial charge in [-0.25, -0.2) is 0 Å². The van der Waals surface area contributed by atoms with E-state index >= 15 is 0 Å². The number of hydrogen-bond donors (Lipinski definition) is 1. The first kappa shape index (κ1) is 16.8. The van der Waals surface area contributed by atoms with Gasteiger partial charge in [-0.1, -0.05) is 35.3 Å². The highest BCUT2D eigenvalue weighted by atomic mass is 35.5. The largest absolute Gasteiger partial charge is 0.489 e. The molecule has 1 unspecified atom stereocenters. The van der Waals surface area contributed by atoms with Crippen LogP contribution in [0.15, 0.2) is 42.5 Å². The number of halogens is 2. The molecule has 0 spiro atoms. The molecule has 5 nitrogen and oxygen atoms in total. The number of hydrogen-bond acceptors (Lipinski definition) is 4. The van der Waals surface area contributed by atoms with Crippen molar-refractivity contribution < 1.29 is 19.4 Å². The molecule has 1 aliphatic heterocycles. The lowest BCUT2D eigenvalue weighted by Gasteiger charge is -2.19. The molecule has 1 aliphatic rings. The average Bonchev–Trinajstić information content (AvgIpc) is 2.79. The molecular weight excluding hydrogens is 353 g/mol. The molecule has 0 bridgehead atoms. The Kier molecular flexibility index (Phi) is 4.76. The van der Waals surface area contributed by atoms with E-state index in [1.54, 1.807) is 36.4 Å². The third kappa shape index (κ3) is 3.24. The normalized spacial score (nSPS) is 14.7. The molecule has 24 heavy (non-hydrogen) atoms. The Hall–Kier alpha value is -2.08. The molecule has 0 saturated heterocycles. The van der Waals surface area contributed by atoms with Crippen LogP contribution in [-0.4, -0.2) is 41.1 Å². The number of imide groups is 1. The Morgan fingerprint density at radius 2 is 1.67 bits per heavy atom. The Balaban J connectivity index is 1.63. The molecule has 2 amide bonds. The Morgan fingerprint density at radius 1 is 1.04 bits per heavy atom. The van der Waals surface area contributed by atoms with Gasteiger partial charge in [-0.3, -0.25) is 14.5 Å². The summed E-state index contributed by atoms with van der Waals surface area (Å²) in [7, 11) is 0. The molecule has 0 saturated carbocycles. The first-order valence-corrected chi connectivity index (χ1v) is 7.94. The Bertz CT molecular complexity index is 774. The maximum Gasteiger partial charge on any atom is 0.261 e. The lowest BCUT2D eigenvalue weighted by molar-refractivity contribution is 0.0457. The van der Waals surface area contributed by atoms with Gasteiger partial charge in [0.2, 0.25) is 0 Å². The van der Waals surface area contributed by atoms with Crippen LogP contribution in [0.25, 0.3) is 0 Å².